The average Bonchev–Trinajstić information content (AvgIpc) is 2.31. The number of unbranched alkanes of at least 4 members (excludes halogenated alkanes) is 3. The zero-order valence-electron chi connectivity index (χ0n) is 11.3. The Hall–Kier alpha value is -0.120. The van der Waals surface area contributed by atoms with Gasteiger partial charge in [-0.05, 0) is 13.3 Å². The standard InChI is InChI=1S/C13H28O3/c1-5-7-8-9-10-12(14-3)11-13(15-4)16-6-2/h12-13H,5-11H2,1-4H3/t12-,13-/m0/s1. The molecule has 0 saturated heterocycles. The lowest BCUT2D eigenvalue weighted by Crippen LogP contribution is -2.24. The molecule has 0 aromatic rings. The topological polar surface area (TPSA) is 27.7 Å². The van der Waals surface area contributed by atoms with E-state index in [2.05, 4.69) is 6.92 Å². The highest BCUT2D eigenvalue weighted by Gasteiger charge is 2.15. The van der Waals surface area contributed by atoms with Gasteiger partial charge in [0.2, 0.25) is 0 Å². The summed E-state index contributed by atoms with van der Waals surface area (Å²) in [6.07, 6.45) is 7.18. The van der Waals surface area contributed by atoms with Gasteiger partial charge in [0.25, 0.3) is 0 Å². The Kier molecular flexibility index (Phi) is 11.3. The molecule has 3 nitrogen and oxygen atoms in total. The van der Waals surface area contributed by atoms with Crippen molar-refractivity contribution in [3.05, 3.63) is 0 Å². The van der Waals surface area contributed by atoms with E-state index >= 15 is 0 Å². The van der Waals surface area contributed by atoms with E-state index in [0.29, 0.717) is 6.61 Å². The van der Waals surface area contributed by atoms with Crippen molar-refractivity contribution in [1.29, 1.82) is 0 Å². The second-order valence-corrected chi connectivity index (χ2v) is 4.06. The minimum absolute atomic E-state index is 0.124. The Morgan fingerprint density at radius 2 is 1.69 bits per heavy atom. The van der Waals surface area contributed by atoms with Crippen LogP contribution in [-0.2, 0) is 14.2 Å². The lowest BCUT2D eigenvalue weighted by atomic mass is 10.1. The Labute approximate surface area is 100 Å². The molecule has 0 aromatic carbocycles. The molecule has 0 amide bonds. The molecule has 3 heteroatoms. The second kappa shape index (κ2) is 11.4. The van der Waals surface area contributed by atoms with Crippen LogP contribution in [0.4, 0.5) is 0 Å². The molecule has 0 aromatic heterocycles. The predicted octanol–water partition coefficient (Wildman–Crippen LogP) is 3.37. The van der Waals surface area contributed by atoms with E-state index in [9.17, 15) is 0 Å². The summed E-state index contributed by atoms with van der Waals surface area (Å²) >= 11 is 0. The third-order valence-electron chi connectivity index (χ3n) is 2.78. The van der Waals surface area contributed by atoms with Crippen molar-refractivity contribution in [1.82, 2.24) is 0 Å². The third-order valence-corrected chi connectivity index (χ3v) is 2.78. The van der Waals surface area contributed by atoms with Crippen LogP contribution < -0.4 is 0 Å². The molecular formula is C13H28O3. The van der Waals surface area contributed by atoms with Crippen LogP contribution in [0.2, 0.25) is 0 Å². The van der Waals surface area contributed by atoms with E-state index in [-0.39, 0.29) is 12.4 Å². The van der Waals surface area contributed by atoms with Crippen molar-refractivity contribution in [2.45, 2.75) is 64.8 Å². The van der Waals surface area contributed by atoms with Gasteiger partial charge in [0, 0.05) is 27.2 Å². The minimum atomic E-state index is -0.124. The quantitative estimate of drug-likeness (QED) is 0.404. The molecule has 98 valence electrons. The van der Waals surface area contributed by atoms with Gasteiger partial charge in [0.05, 0.1) is 6.10 Å². The first-order chi connectivity index (χ1) is 7.78. The molecule has 0 bridgehead atoms. The second-order valence-electron chi connectivity index (χ2n) is 4.06. The van der Waals surface area contributed by atoms with Gasteiger partial charge in [-0.3, -0.25) is 0 Å². The van der Waals surface area contributed by atoms with E-state index in [1.54, 1.807) is 14.2 Å². The molecule has 0 N–H and O–H groups in total. The monoisotopic (exact) mass is 232 g/mol. The molecule has 0 rings (SSSR count). The van der Waals surface area contributed by atoms with E-state index in [1.807, 2.05) is 6.92 Å². The number of rotatable bonds is 11. The highest BCUT2D eigenvalue weighted by atomic mass is 16.7. The molecule has 2 atom stereocenters. The van der Waals surface area contributed by atoms with Gasteiger partial charge >= 0.3 is 0 Å². The lowest BCUT2D eigenvalue weighted by Gasteiger charge is -2.21. The smallest absolute Gasteiger partial charge is 0.159 e. The van der Waals surface area contributed by atoms with Gasteiger partial charge in [-0.1, -0.05) is 32.6 Å². The van der Waals surface area contributed by atoms with Gasteiger partial charge in [-0.25, -0.2) is 0 Å². The van der Waals surface area contributed by atoms with Crippen molar-refractivity contribution in [3.8, 4) is 0 Å². The fourth-order valence-corrected chi connectivity index (χ4v) is 1.76. The van der Waals surface area contributed by atoms with Crippen LogP contribution in [0, 0.1) is 0 Å². The van der Waals surface area contributed by atoms with E-state index < -0.39 is 0 Å². The zero-order valence-corrected chi connectivity index (χ0v) is 11.3. The summed E-state index contributed by atoms with van der Waals surface area (Å²) in [5.41, 5.74) is 0. The molecule has 0 fully saturated rings. The first kappa shape index (κ1) is 15.9. The van der Waals surface area contributed by atoms with Crippen molar-refractivity contribution < 1.29 is 14.2 Å². The largest absolute Gasteiger partial charge is 0.381 e. The molecule has 0 aliphatic carbocycles. The minimum Gasteiger partial charge on any atom is -0.381 e. The van der Waals surface area contributed by atoms with Crippen LogP contribution in [0.25, 0.3) is 0 Å². The number of methoxy groups -OCH3 is 2. The Morgan fingerprint density at radius 3 is 2.19 bits per heavy atom. The van der Waals surface area contributed by atoms with Gasteiger partial charge in [0.1, 0.15) is 0 Å². The maximum Gasteiger partial charge on any atom is 0.159 e. The maximum absolute atomic E-state index is 5.45. The number of ether oxygens (including phenoxy) is 3. The SMILES string of the molecule is CCCCCC[C@@H](C[C@@H](OC)OCC)OC. The third kappa shape index (κ3) is 8.08. The van der Waals surface area contributed by atoms with Crippen LogP contribution >= 0.6 is 0 Å². The van der Waals surface area contributed by atoms with Gasteiger partial charge < -0.3 is 14.2 Å². The molecule has 0 radical (unpaired) electrons. The summed E-state index contributed by atoms with van der Waals surface area (Å²) in [6.45, 7) is 4.89. The lowest BCUT2D eigenvalue weighted by molar-refractivity contribution is -0.141. The van der Waals surface area contributed by atoms with Gasteiger partial charge in [0.15, 0.2) is 6.29 Å². The van der Waals surface area contributed by atoms with E-state index in [1.165, 1.54) is 25.7 Å². The van der Waals surface area contributed by atoms with Crippen molar-refractivity contribution in [2.75, 3.05) is 20.8 Å². The summed E-state index contributed by atoms with van der Waals surface area (Å²) in [7, 11) is 3.45. The molecule has 0 aliphatic heterocycles. The highest BCUT2D eigenvalue weighted by molar-refractivity contribution is 4.61. The summed E-state index contributed by atoms with van der Waals surface area (Å²) in [5.74, 6) is 0. The van der Waals surface area contributed by atoms with E-state index in [0.717, 1.165) is 12.8 Å². The summed E-state index contributed by atoms with van der Waals surface area (Å²) in [4.78, 5) is 0. The molecule has 0 aliphatic rings. The summed E-state index contributed by atoms with van der Waals surface area (Å²) < 4.78 is 16.1. The van der Waals surface area contributed by atoms with Crippen molar-refractivity contribution >= 4 is 0 Å². The highest BCUT2D eigenvalue weighted by Crippen LogP contribution is 2.14. The Bertz CT molecular complexity index is 139. The normalized spacial score (nSPS) is 15.0. The Balaban J connectivity index is 3.70. The fraction of sp³-hybridized carbons (Fsp3) is 1.00. The molecule has 0 heterocycles. The molecule has 0 saturated carbocycles. The summed E-state index contributed by atoms with van der Waals surface area (Å²) in [5, 5.41) is 0. The van der Waals surface area contributed by atoms with Crippen LogP contribution in [-0.4, -0.2) is 33.2 Å². The zero-order chi connectivity index (χ0) is 12.2. The fourth-order valence-electron chi connectivity index (χ4n) is 1.76. The van der Waals surface area contributed by atoms with Crippen LogP contribution in [0.3, 0.4) is 0 Å². The average molecular weight is 232 g/mol. The number of hydrogen-bond donors (Lipinski definition) is 0. The predicted molar refractivity (Wildman–Crippen MR) is 66.6 cm³/mol. The summed E-state index contributed by atoms with van der Waals surface area (Å²) in [6, 6.07) is 0. The van der Waals surface area contributed by atoms with Gasteiger partial charge in [-0.2, -0.15) is 0 Å². The van der Waals surface area contributed by atoms with Crippen LogP contribution in [0.1, 0.15) is 52.4 Å². The van der Waals surface area contributed by atoms with E-state index in [4.69, 9.17) is 14.2 Å². The number of hydrogen-bond acceptors (Lipinski definition) is 3. The molecule has 16 heavy (non-hydrogen) atoms. The molecule has 0 spiro atoms. The first-order valence-electron chi connectivity index (χ1n) is 6.45. The van der Waals surface area contributed by atoms with Crippen LogP contribution in [0.15, 0.2) is 0 Å². The van der Waals surface area contributed by atoms with Crippen LogP contribution in [0.5, 0.6) is 0 Å². The Morgan fingerprint density at radius 1 is 0.938 bits per heavy atom. The first-order valence-corrected chi connectivity index (χ1v) is 6.45. The van der Waals surface area contributed by atoms with Gasteiger partial charge in [-0.15, -0.1) is 0 Å². The molecular weight excluding hydrogens is 204 g/mol. The maximum atomic E-state index is 5.45. The van der Waals surface area contributed by atoms with Crippen molar-refractivity contribution in [3.63, 3.8) is 0 Å². The molecule has 0 unspecified atom stereocenters. The van der Waals surface area contributed by atoms with Crippen molar-refractivity contribution in [2.24, 2.45) is 0 Å².